The fourth-order valence-corrected chi connectivity index (χ4v) is 2.61. The van der Waals surface area contributed by atoms with Crippen molar-refractivity contribution in [1.29, 1.82) is 0 Å². The Morgan fingerprint density at radius 2 is 2.12 bits per heavy atom. The zero-order chi connectivity index (χ0) is 11.9. The maximum Gasteiger partial charge on any atom is 0.120 e. The Bertz CT molecular complexity index is 401. The second-order valence-corrected chi connectivity index (χ2v) is 5.15. The van der Waals surface area contributed by atoms with Crippen LogP contribution in [0.3, 0.4) is 0 Å². The Labute approximate surface area is 96.2 Å². The van der Waals surface area contributed by atoms with Crippen LogP contribution in [0.15, 0.2) is 18.2 Å². The number of rotatable bonds is 1. The van der Waals surface area contributed by atoms with Gasteiger partial charge in [-0.3, -0.25) is 0 Å². The third-order valence-corrected chi connectivity index (χ3v) is 3.89. The molecule has 2 unspecified atom stereocenters. The van der Waals surface area contributed by atoms with Gasteiger partial charge < -0.3 is 15.6 Å². The molecule has 3 heteroatoms. The van der Waals surface area contributed by atoms with Gasteiger partial charge in [-0.2, -0.15) is 0 Å². The topological polar surface area (TPSA) is 57.1 Å². The van der Waals surface area contributed by atoms with Gasteiger partial charge in [0.25, 0.3) is 0 Å². The number of quaternary nitrogens is 1. The van der Waals surface area contributed by atoms with Gasteiger partial charge in [-0.25, -0.2) is 0 Å². The molecule has 0 saturated carbocycles. The third-order valence-electron chi connectivity index (χ3n) is 3.89. The van der Waals surface area contributed by atoms with E-state index < -0.39 is 0 Å². The van der Waals surface area contributed by atoms with Crippen LogP contribution < -0.4 is 5.73 Å². The van der Waals surface area contributed by atoms with Gasteiger partial charge in [-0.1, -0.05) is 6.07 Å². The first kappa shape index (κ1) is 11.4. The number of phenolic OH excluding ortho intramolecular Hbond substituents is 1. The quantitative estimate of drug-likeness (QED) is 0.740. The summed E-state index contributed by atoms with van der Waals surface area (Å²) in [7, 11) is 1.74. The summed E-state index contributed by atoms with van der Waals surface area (Å²) in [4.78, 5) is 0. The first-order valence-corrected chi connectivity index (χ1v) is 5.65. The van der Waals surface area contributed by atoms with Crippen molar-refractivity contribution in [3.8, 4) is 5.75 Å². The lowest BCUT2D eigenvalue weighted by Gasteiger charge is -2.40. The van der Waals surface area contributed by atoms with Gasteiger partial charge in [0, 0.05) is 18.9 Å². The van der Waals surface area contributed by atoms with Crippen molar-refractivity contribution < 1.29 is 15.6 Å². The number of methoxy groups -OCH3 is 1. The summed E-state index contributed by atoms with van der Waals surface area (Å²) in [6.45, 7) is 4.32. The molecule has 3 nitrogen and oxygen atoms in total. The van der Waals surface area contributed by atoms with E-state index in [4.69, 9.17) is 4.74 Å². The second-order valence-electron chi connectivity index (χ2n) is 5.15. The van der Waals surface area contributed by atoms with Crippen molar-refractivity contribution in [1.82, 2.24) is 0 Å². The van der Waals surface area contributed by atoms with Crippen molar-refractivity contribution in [2.45, 2.75) is 37.8 Å². The van der Waals surface area contributed by atoms with Gasteiger partial charge in [-0.05, 0) is 37.1 Å². The fourth-order valence-electron chi connectivity index (χ4n) is 2.61. The summed E-state index contributed by atoms with van der Waals surface area (Å²) < 4.78 is 5.50. The Hall–Kier alpha value is -1.06. The molecule has 0 amide bonds. The van der Waals surface area contributed by atoms with Crippen LogP contribution in [-0.2, 0) is 16.6 Å². The molecule has 0 aromatic heterocycles. The van der Waals surface area contributed by atoms with Gasteiger partial charge in [-0.15, -0.1) is 0 Å². The van der Waals surface area contributed by atoms with E-state index >= 15 is 0 Å². The largest absolute Gasteiger partial charge is 0.508 e. The molecule has 0 saturated heterocycles. The predicted molar refractivity (Wildman–Crippen MR) is 62.3 cm³/mol. The molecule has 88 valence electrons. The molecule has 1 aliphatic carbocycles. The van der Waals surface area contributed by atoms with Crippen molar-refractivity contribution in [3.05, 3.63) is 29.3 Å². The van der Waals surface area contributed by atoms with Crippen LogP contribution in [0.5, 0.6) is 5.75 Å². The molecule has 4 N–H and O–H groups in total. The number of hydrogen-bond acceptors (Lipinski definition) is 2. The van der Waals surface area contributed by atoms with Crippen molar-refractivity contribution >= 4 is 0 Å². The summed E-state index contributed by atoms with van der Waals surface area (Å²) in [5.41, 5.74) is 6.62. The van der Waals surface area contributed by atoms with E-state index in [0.717, 1.165) is 6.42 Å². The highest BCUT2D eigenvalue weighted by molar-refractivity contribution is 5.43. The molecule has 0 aliphatic heterocycles. The molecule has 16 heavy (non-hydrogen) atoms. The molecule has 1 aromatic carbocycles. The van der Waals surface area contributed by atoms with Gasteiger partial charge in [0.15, 0.2) is 0 Å². The van der Waals surface area contributed by atoms with E-state index in [1.54, 1.807) is 13.2 Å². The van der Waals surface area contributed by atoms with E-state index in [9.17, 15) is 5.11 Å². The highest BCUT2D eigenvalue weighted by Crippen LogP contribution is 2.37. The summed E-state index contributed by atoms with van der Waals surface area (Å²) in [6.07, 6.45) is 1.04. The molecule has 1 aromatic rings. The first-order chi connectivity index (χ1) is 7.46. The van der Waals surface area contributed by atoms with Gasteiger partial charge in [0.05, 0.1) is 0 Å². The number of aromatic hydroxyl groups is 1. The summed E-state index contributed by atoms with van der Waals surface area (Å²) in [5.74, 6) is 0.329. The molecular weight excluding hydrogens is 202 g/mol. The number of hydrogen-bond donors (Lipinski definition) is 2. The van der Waals surface area contributed by atoms with E-state index in [-0.39, 0.29) is 17.6 Å². The summed E-state index contributed by atoms with van der Waals surface area (Å²) in [6, 6.07) is 5.79. The van der Waals surface area contributed by atoms with Crippen molar-refractivity contribution in [3.63, 3.8) is 0 Å². The lowest BCUT2D eigenvalue weighted by Crippen LogP contribution is -2.75. The third kappa shape index (κ3) is 1.60. The number of benzene rings is 1. The van der Waals surface area contributed by atoms with Crippen LogP contribution in [0.4, 0.5) is 0 Å². The van der Waals surface area contributed by atoms with Crippen LogP contribution in [0.2, 0.25) is 0 Å². The molecule has 2 atom stereocenters. The molecule has 0 spiro atoms. The molecule has 0 heterocycles. The zero-order valence-corrected chi connectivity index (χ0v) is 10.2. The molecule has 0 radical (unpaired) electrons. The Morgan fingerprint density at radius 3 is 2.75 bits per heavy atom. The van der Waals surface area contributed by atoms with Crippen LogP contribution in [0.1, 0.15) is 25.0 Å². The molecule has 2 rings (SSSR count). The average molecular weight is 222 g/mol. The Balaban J connectivity index is 2.52. The fraction of sp³-hybridized carbons (Fsp3) is 0.538. The van der Waals surface area contributed by atoms with Gasteiger partial charge >= 0.3 is 0 Å². The highest BCUT2D eigenvalue weighted by atomic mass is 16.5. The normalized spacial score (nSPS) is 27.5. The van der Waals surface area contributed by atoms with Crippen LogP contribution in [0, 0.1) is 0 Å². The number of phenols is 1. The van der Waals surface area contributed by atoms with Crippen LogP contribution >= 0.6 is 0 Å². The maximum atomic E-state index is 9.58. The SMILES string of the molecule is COC1Cc2ccc(O)cc2C(C)(C)C1[NH3+]. The lowest BCUT2D eigenvalue weighted by atomic mass is 9.68. The van der Waals surface area contributed by atoms with Crippen molar-refractivity contribution in [2.24, 2.45) is 0 Å². The molecule has 0 bridgehead atoms. The molecular formula is C13H20NO2+. The molecule has 1 aliphatic rings. The monoisotopic (exact) mass is 222 g/mol. The first-order valence-electron chi connectivity index (χ1n) is 5.65. The minimum absolute atomic E-state index is 0.0625. The minimum Gasteiger partial charge on any atom is -0.508 e. The average Bonchev–Trinajstić information content (AvgIpc) is 2.25. The number of ether oxygens (including phenoxy) is 1. The molecule has 0 fully saturated rings. The van der Waals surface area contributed by atoms with E-state index in [1.807, 2.05) is 12.1 Å². The van der Waals surface area contributed by atoms with Gasteiger partial charge in [0.2, 0.25) is 0 Å². The van der Waals surface area contributed by atoms with Crippen LogP contribution in [0.25, 0.3) is 0 Å². The predicted octanol–water partition coefficient (Wildman–Crippen LogP) is 0.851. The maximum absolute atomic E-state index is 9.58. The minimum atomic E-state index is -0.0625. The van der Waals surface area contributed by atoms with Crippen LogP contribution in [-0.4, -0.2) is 24.4 Å². The summed E-state index contributed by atoms with van der Waals surface area (Å²) in [5, 5.41) is 9.58. The standard InChI is InChI=1S/C13H19NO2/c1-13(2)10-7-9(15)5-4-8(10)6-11(16-3)12(13)14/h4-5,7,11-12,15H,6,14H2,1-3H3/p+1. The second kappa shape index (κ2) is 3.75. The van der Waals surface area contributed by atoms with E-state index in [0.29, 0.717) is 5.75 Å². The smallest absolute Gasteiger partial charge is 0.120 e. The van der Waals surface area contributed by atoms with E-state index in [1.165, 1.54) is 11.1 Å². The van der Waals surface area contributed by atoms with Gasteiger partial charge in [0.1, 0.15) is 17.9 Å². The zero-order valence-electron chi connectivity index (χ0n) is 10.2. The number of fused-ring (bicyclic) bond motifs is 1. The lowest BCUT2D eigenvalue weighted by molar-refractivity contribution is -0.455. The Kier molecular flexibility index (Phi) is 2.68. The van der Waals surface area contributed by atoms with Crippen molar-refractivity contribution in [2.75, 3.05) is 7.11 Å². The summed E-state index contributed by atoms with van der Waals surface area (Å²) >= 11 is 0. The van der Waals surface area contributed by atoms with E-state index in [2.05, 4.69) is 19.6 Å². The highest BCUT2D eigenvalue weighted by Gasteiger charge is 2.43. The Morgan fingerprint density at radius 1 is 1.44 bits per heavy atom.